The van der Waals surface area contributed by atoms with Gasteiger partial charge in [0.15, 0.2) is 0 Å². The molecule has 1 nitrogen and oxygen atoms in total. The number of benzene rings is 8. The van der Waals surface area contributed by atoms with E-state index in [2.05, 4.69) is 249 Å². The van der Waals surface area contributed by atoms with Crippen LogP contribution < -0.4 is 4.90 Å². The first-order valence-electron chi connectivity index (χ1n) is 22.3. The molecular formula is C61H57N. The SMILES string of the molecule is CC(C)(C)c1cc(N(c2ccc(-c3ccc4c(c3)C(C)(c3ccccc3)c3ccccc3-4)cc2)c2ccc(-c3cccc4c3C(C)(C)c3ccccc3-4)cc2)cc(C(C)(C)C)c1. The molecular weight excluding hydrogens is 747 g/mol. The van der Waals surface area contributed by atoms with E-state index in [1.54, 1.807) is 0 Å². The number of rotatable bonds is 6. The maximum atomic E-state index is 2.46. The van der Waals surface area contributed by atoms with Crippen molar-refractivity contribution in [1.82, 2.24) is 0 Å². The van der Waals surface area contributed by atoms with Crippen LogP contribution in [0.25, 0.3) is 44.5 Å². The lowest BCUT2D eigenvalue weighted by Gasteiger charge is -2.31. The van der Waals surface area contributed by atoms with Crippen molar-refractivity contribution in [3.05, 3.63) is 221 Å². The molecule has 1 heteroatoms. The Bertz CT molecular complexity index is 2960. The summed E-state index contributed by atoms with van der Waals surface area (Å²) >= 11 is 0. The highest BCUT2D eigenvalue weighted by atomic mass is 15.1. The van der Waals surface area contributed by atoms with E-state index in [1.165, 1.54) is 89.1 Å². The van der Waals surface area contributed by atoms with Crippen molar-refractivity contribution in [3.63, 3.8) is 0 Å². The van der Waals surface area contributed by atoms with Gasteiger partial charge in [-0.25, -0.2) is 0 Å². The zero-order valence-electron chi connectivity index (χ0n) is 37.8. The third kappa shape index (κ3) is 6.36. The molecule has 8 aromatic rings. The van der Waals surface area contributed by atoms with E-state index in [-0.39, 0.29) is 21.7 Å². The Morgan fingerprint density at radius 2 is 0.839 bits per heavy atom. The highest BCUT2D eigenvalue weighted by molar-refractivity contribution is 5.90. The van der Waals surface area contributed by atoms with E-state index < -0.39 is 0 Å². The van der Waals surface area contributed by atoms with E-state index in [1.807, 2.05) is 0 Å². The summed E-state index contributed by atoms with van der Waals surface area (Å²) in [6.07, 6.45) is 0. The van der Waals surface area contributed by atoms with Crippen molar-refractivity contribution in [2.24, 2.45) is 0 Å². The van der Waals surface area contributed by atoms with Gasteiger partial charge in [0.1, 0.15) is 0 Å². The van der Waals surface area contributed by atoms with Gasteiger partial charge >= 0.3 is 0 Å². The molecule has 0 N–H and O–H groups in total. The van der Waals surface area contributed by atoms with Crippen LogP contribution in [-0.4, -0.2) is 0 Å². The van der Waals surface area contributed by atoms with Gasteiger partial charge in [0.25, 0.3) is 0 Å². The second-order valence-electron chi connectivity index (χ2n) is 20.4. The molecule has 1 unspecified atom stereocenters. The van der Waals surface area contributed by atoms with Crippen molar-refractivity contribution in [2.75, 3.05) is 4.90 Å². The smallest absolute Gasteiger partial charge is 0.0467 e. The van der Waals surface area contributed by atoms with Crippen LogP contribution in [0, 0.1) is 0 Å². The summed E-state index contributed by atoms with van der Waals surface area (Å²) in [6.45, 7) is 21.1. The quantitative estimate of drug-likeness (QED) is 0.162. The van der Waals surface area contributed by atoms with E-state index in [0.29, 0.717) is 0 Å². The summed E-state index contributed by atoms with van der Waals surface area (Å²) < 4.78 is 0. The molecule has 2 aliphatic rings. The molecule has 0 aromatic heterocycles. The van der Waals surface area contributed by atoms with Crippen molar-refractivity contribution >= 4 is 17.1 Å². The van der Waals surface area contributed by atoms with Gasteiger partial charge in [-0.05, 0) is 144 Å². The highest BCUT2D eigenvalue weighted by Gasteiger charge is 2.41. The second kappa shape index (κ2) is 14.3. The molecule has 0 heterocycles. The zero-order chi connectivity index (χ0) is 43.2. The number of nitrogens with zero attached hydrogens (tertiary/aromatic N) is 1. The number of anilines is 3. The Morgan fingerprint density at radius 3 is 1.45 bits per heavy atom. The van der Waals surface area contributed by atoms with Crippen LogP contribution >= 0.6 is 0 Å². The molecule has 1 atom stereocenters. The lowest BCUT2D eigenvalue weighted by molar-refractivity contribution is 0.569. The molecule has 62 heavy (non-hydrogen) atoms. The van der Waals surface area contributed by atoms with Crippen LogP contribution in [-0.2, 0) is 21.7 Å². The normalized spacial score (nSPS) is 16.0. The van der Waals surface area contributed by atoms with Gasteiger partial charge in [-0.15, -0.1) is 0 Å². The van der Waals surface area contributed by atoms with E-state index in [0.717, 1.165) is 11.4 Å². The van der Waals surface area contributed by atoms with Crippen LogP contribution in [0.5, 0.6) is 0 Å². The number of hydrogen-bond acceptors (Lipinski definition) is 1. The molecule has 0 bridgehead atoms. The average Bonchev–Trinajstić information content (AvgIpc) is 3.68. The van der Waals surface area contributed by atoms with Crippen LogP contribution in [0.15, 0.2) is 182 Å². The maximum absolute atomic E-state index is 2.46. The van der Waals surface area contributed by atoms with Crippen LogP contribution in [0.3, 0.4) is 0 Å². The topological polar surface area (TPSA) is 3.24 Å². The standard InChI is InChI=1S/C61H57N/c1-58(2,3)44-37-45(59(4,5)6)39-48(38-44)62(47-33-28-41(29-34-47)49-22-17-23-53-51-21-13-15-24-54(51)60(7,8)57(49)53)46-31-26-40(27-32-46)42-30-35-52-50-20-14-16-25-55(50)61(9,56(52)36-42)43-18-11-10-12-19-43/h10-39H,1-9H3. The van der Waals surface area contributed by atoms with Gasteiger partial charge in [0.05, 0.1) is 0 Å². The zero-order valence-corrected chi connectivity index (χ0v) is 37.8. The lowest BCUT2D eigenvalue weighted by atomic mass is 9.74. The molecule has 0 amide bonds. The van der Waals surface area contributed by atoms with Gasteiger partial charge in [-0.3, -0.25) is 0 Å². The second-order valence-corrected chi connectivity index (χ2v) is 20.4. The third-order valence-corrected chi connectivity index (χ3v) is 14.0. The summed E-state index contributed by atoms with van der Waals surface area (Å²) in [7, 11) is 0. The molecule has 8 aromatic carbocycles. The summed E-state index contributed by atoms with van der Waals surface area (Å²) in [4.78, 5) is 2.46. The molecule has 0 fully saturated rings. The minimum absolute atomic E-state index is 0.0189. The Morgan fingerprint density at radius 1 is 0.355 bits per heavy atom. The van der Waals surface area contributed by atoms with Gasteiger partial charge < -0.3 is 4.90 Å². The fourth-order valence-electron chi connectivity index (χ4n) is 10.5. The van der Waals surface area contributed by atoms with Crippen LogP contribution in [0.2, 0.25) is 0 Å². The summed E-state index contributed by atoms with van der Waals surface area (Å²) in [5.74, 6) is 0. The first-order valence-corrected chi connectivity index (χ1v) is 22.3. The summed E-state index contributed by atoms with van der Waals surface area (Å²) in [6, 6.07) is 68.5. The molecule has 0 aliphatic heterocycles. The number of fused-ring (bicyclic) bond motifs is 6. The van der Waals surface area contributed by atoms with Gasteiger partial charge in [-0.2, -0.15) is 0 Å². The lowest BCUT2D eigenvalue weighted by Crippen LogP contribution is -2.22. The van der Waals surface area contributed by atoms with E-state index in [9.17, 15) is 0 Å². The van der Waals surface area contributed by atoms with Crippen molar-refractivity contribution in [3.8, 4) is 44.5 Å². The minimum atomic E-state index is -0.242. The van der Waals surface area contributed by atoms with Crippen LogP contribution in [0.1, 0.15) is 101 Å². The van der Waals surface area contributed by atoms with Crippen molar-refractivity contribution in [1.29, 1.82) is 0 Å². The van der Waals surface area contributed by atoms with E-state index in [4.69, 9.17) is 0 Å². The predicted octanol–water partition coefficient (Wildman–Crippen LogP) is 16.7. The van der Waals surface area contributed by atoms with Gasteiger partial charge in [0.2, 0.25) is 0 Å². The summed E-state index contributed by atoms with van der Waals surface area (Å²) in [5.41, 5.74) is 22.9. The molecule has 0 spiro atoms. The van der Waals surface area contributed by atoms with Crippen molar-refractivity contribution < 1.29 is 0 Å². The molecule has 306 valence electrons. The Balaban J connectivity index is 1.08. The Kier molecular flexibility index (Phi) is 9.16. The Hall–Kier alpha value is -6.44. The van der Waals surface area contributed by atoms with Crippen molar-refractivity contribution in [2.45, 2.75) is 84.0 Å². The highest BCUT2D eigenvalue weighted by Crippen LogP contribution is 2.54. The average molecular weight is 804 g/mol. The first-order chi connectivity index (χ1) is 29.6. The molecule has 0 saturated carbocycles. The third-order valence-electron chi connectivity index (χ3n) is 14.0. The Labute approximate surface area is 369 Å². The summed E-state index contributed by atoms with van der Waals surface area (Å²) in [5, 5.41) is 0. The molecule has 2 aliphatic carbocycles. The van der Waals surface area contributed by atoms with Gasteiger partial charge in [-0.1, -0.05) is 195 Å². The largest absolute Gasteiger partial charge is 0.310 e. The molecule has 0 saturated heterocycles. The molecule has 10 rings (SSSR count). The van der Waals surface area contributed by atoms with Gasteiger partial charge in [0, 0.05) is 27.9 Å². The van der Waals surface area contributed by atoms with E-state index >= 15 is 0 Å². The molecule has 0 radical (unpaired) electrons. The number of hydrogen-bond donors (Lipinski definition) is 0. The fourth-order valence-corrected chi connectivity index (χ4v) is 10.5. The predicted molar refractivity (Wildman–Crippen MR) is 264 cm³/mol. The monoisotopic (exact) mass is 803 g/mol. The minimum Gasteiger partial charge on any atom is -0.310 e. The fraction of sp³-hybridized carbons (Fsp3) is 0.213. The maximum Gasteiger partial charge on any atom is 0.0467 e. The first kappa shape index (κ1) is 39.7. The van der Waals surface area contributed by atoms with Crippen LogP contribution in [0.4, 0.5) is 17.1 Å².